The van der Waals surface area contributed by atoms with E-state index < -0.39 is 17.4 Å². The van der Waals surface area contributed by atoms with E-state index in [0.717, 1.165) is 0 Å². The molecule has 0 unspecified atom stereocenters. The van der Waals surface area contributed by atoms with Crippen LogP contribution in [0, 0.1) is 5.82 Å². The lowest BCUT2D eigenvalue weighted by atomic mass is 9.94. The summed E-state index contributed by atoms with van der Waals surface area (Å²) in [6.07, 6.45) is 1.49. The number of nitrogens with one attached hydrogen (secondary N) is 2. The monoisotopic (exact) mass is 351 g/mol. The number of hydrogen-bond acceptors (Lipinski definition) is 7. The molecule has 0 spiro atoms. The van der Waals surface area contributed by atoms with Crippen molar-refractivity contribution < 1.29 is 8.81 Å². The molecule has 0 saturated carbocycles. The first-order valence-corrected chi connectivity index (χ1v) is 7.70. The number of furan rings is 1. The average molecular weight is 351 g/mol. The fourth-order valence-corrected chi connectivity index (χ4v) is 3.12. The van der Waals surface area contributed by atoms with Gasteiger partial charge < -0.3 is 9.73 Å². The number of aromatic nitrogens is 6. The van der Waals surface area contributed by atoms with Gasteiger partial charge in [0.15, 0.2) is 5.76 Å². The second-order valence-corrected chi connectivity index (χ2v) is 5.66. The van der Waals surface area contributed by atoms with Crippen molar-refractivity contribution in [1.82, 2.24) is 30.4 Å². The highest BCUT2D eigenvalue weighted by Gasteiger charge is 2.36. The van der Waals surface area contributed by atoms with Crippen LogP contribution in [0.1, 0.15) is 17.2 Å². The number of rotatable bonds is 2. The largest absolute Gasteiger partial charge is 0.463 e. The van der Waals surface area contributed by atoms with Gasteiger partial charge in [-0.15, -0.1) is 0 Å². The number of halogens is 1. The van der Waals surface area contributed by atoms with E-state index in [-0.39, 0.29) is 11.6 Å². The van der Waals surface area contributed by atoms with E-state index in [9.17, 15) is 9.18 Å². The van der Waals surface area contributed by atoms with Gasteiger partial charge >= 0.3 is 0 Å². The lowest BCUT2D eigenvalue weighted by Gasteiger charge is -2.27. The van der Waals surface area contributed by atoms with Gasteiger partial charge in [-0.1, -0.05) is 23.3 Å². The third-order valence-electron chi connectivity index (χ3n) is 4.22. The second kappa shape index (κ2) is 5.34. The highest BCUT2D eigenvalue weighted by Crippen LogP contribution is 2.41. The smallest absolute Gasteiger partial charge is 0.288 e. The van der Waals surface area contributed by atoms with Gasteiger partial charge in [0.05, 0.1) is 6.26 Å². The number of fused-ring (bicyclic) bond motifs is 2. The number of H-pyrrole nitrogens is 1. The highest BCUT2D eigenvalue weighted by molar-refractivity contribution is 5.73. The van der Waals surface area contributed by atoms with Crippen molar-refractivity contribution in [2.24, 2.45) is 0 Å². The molecule has 5 rings (SSSR count). The molecule has 4 aromatic rings. The minimum atomic E-state index is -0.785. The van der Waals surface area contributed by atoms with Gasteiger partial charge in [0.25, 0.3) is 5.56 Å². The van der Waals surface area contributed by atoms with Crippen LogP contribution in [0.15, 0.2) is 51.9 Å². The standard InChI is InChI=1S/C16H10FN7O2/c17-9-5-2-1-4-8(9)14-11-12(10-6-3-7-26-10)19-20-15(25)13(11)18-16-21-22-23-24(14)16/h1-7,14H,(H,20,25)(H,18,21,23)/t14-/m1/s1. The third kappa shape index (κ3) is 1.98. The molecule has 1 aliphatic rings. The normalized spacial score (nSPS) is 15.2. The predicted molar refractivity (Wildman–Crippen MR) is 87.3 cm³/mol. The number of aromatic amines is 1. The number of tetrazole rings is 1. The van der Waals surface area contributed by atoms with Crippen molar-refractivity contribution in [3.63, 3.8) is 0 Å². The van der Waals surface area contributed by atoms with E-state index in [0.29, 0.717) is 22.6 Å². The van der Waals surface area contributed by atoms with Crippen LogP contribution in [0.25, 0.3) is 11.5 Å². The molecule has 128 valence electrons. The molecule has 0 amide bonds. The van der Waals surface area contributed by atoms with Crippen LogP contribution in [0.4, 0.5) is 16.0 Å². The molecule has 4 heterocycles. The lowest BCUT2D eigenvalue weighted by molar-refractivity contribution is 0.523. The van der Waals surface area contributed by atoms with Crippen molar-refractivity contribution in [1.29, 1.82) is 0 Å². The zero-order valence-electron chi connectivity index (χ0n) is 13.0. The predicted octanol–water partition coefficient (Wildman–Crippen LogP) is 1.85. The molecule has 0 aliphatic carbocycles. The Bertz CT molecular complexity index is 1170. The summed E-state index contributed by atoms with van der Waals surface area (Å²) in [7, 11) is 0. The van der Waals surface area contributed by atoms with E-state index in [2.05, 4.69) is 31.0 Å². The molecule has 26 heavy (non-hydrogen) atoms. The van der Waals surface area contributed by atoms with Gasteiger partial charge in [-0.05, 0) is 28.6 Å². The maximum atomic E-state index is 14.6. The van der Waals surface area contributed by atoms with E-state index in [1.54, 1.807) is 30.3 Å². The summed E-state index contributed by atoms with van der Waals surface area (Å²) < 4.78 is 21.5. The molecule has 0 saturated heterocycles. The Kier molecular flexibility index (Phi) is 2.98. The number of hydrogen-bond donors (Lipinski definition) is 2. The molecule has 10 heteroatoms. The Hall–Kier alpha value is -3.82. The van der Waals surface area contributed by atoms with E-state index >= 15 is 0 Å². The Morgan fingerprint density at radius 1 is 1.19 bits per heavy atom. The Morgan fingerprint density at radius 3 is 2.88 bits per heavy atom. The molecule has 1 aliphatic heterocycles. The molecule has 1 atom stereocenters. The van der Waals surface area contributed by atoms with Gasteiger partial charge in [0.2, 0.25) is 5.95 Å². The summed E-state index contributed by atoms with van der Waals surface area (Å²) in [5, 5.41) is 20.9. The van der Waals surface area contributed by atoms with Crippen LogP contribution in [0.3, 0.4) is 0 Å². The van der Waals surface area contributed by atoms with E-state index in [1.807, 2.05) is 0 Å². The molecule has 0 bridgehead atoms. The van der Waals surface area contributed by atoms with Crippen molar-refractivity contribution in [3.05, 3.63) is 70.0 Å². The number of nitrogens with zero attached hydrogens (tertiary/aromatic N) is 5. The summed E-state index contributed by atoms with van der Waals surface area (Å²) in [5.74, 6) is 0.211. The van der Waals surface area contributed by atoms with Crippen LogP contribution >= 0.6 is 0 Å². The Labute approximate surface area is 144 Å². The van der Waals surface area contributed by atoms with Crippen LogP contribution in [0.2, 0.25) is 0 Å². The summed E-state index contributed by atoms with van der Waals surface area (Å²) in [5.41, 5.74) is 0.831. The quantitative estimate of drug-likeness (QED) is 0.499. The maximum absolute atomic E-state index is 14.6. The highest BCUT2D eigenvalue weighted by atomic mass is 19.1. The van der Waals surface area contributed by atoms with Gasteiger partial charge in [-0.3, -0.25) is 4.79 Å². The number of benzene rings is 1. The van der Waals surface area contributed by atoms with Crippen molar-refractivity contribution >= 4 is 11.6 Å². The molecule has 9 nitrogen and oxygen atoms in total. The molecule has 2 N–H and O–H groups in total. The first-order chi connectivity index (χ1) is 12.7. The molecular formula is C16H10FN7O2. The zero-order valence-corrected chi connectivity index (χ0v) is 13.0. The third-order valence-corrected chi connectivity index (χ3v) is 4.22. The van der Waals surface area contributed by atoms with Crippen LogP contribution in [-0.2, 0) is 0 Å². The van der Waals surface area contributed by atoms with Crippen molar-refractivity contribution in [2.75, 3.05) is 5.32 Å². The van der Waals surface area contributed by atoms with Crippen LogP contribution in [0.5, 0.6) is 0 Å². The zero-order chi connectivity index (χ0) is 17.7. The maximum Gasteiger partial charge on any atom is 0.288 e. The fourth-order valence-electron chi connectivity index (χ4n) is 3.12. The van der Waals surface area contributed by atoms with E-state index in [4.69, 9.17) is 4.42 Å². The van der Waals surface area contributed by atoms with Gasteiger partial charge in [0.1, 0.15) is 23.2 Å². The molecule has 3 aromatic heterocycles. The minimum Gasteiger partial charge on any atom is -0.463 e. The van der Waals surface area contributed by atoms with Gasteiger partial charge in [-0.25, -0.2) is 9.49 Å². The topological polar surface area (TPSA) is 115 Å². The van der Waals surface area contributed by atoms with E-state index in [1.165, 1.54) is 17.0 Å². The summed E-state index contributed by atoms with van der Waals surface area (Å²) >= 11 is 0. The Balaban J connectivity index is 1.87. The fraction of sp³-hybridized carbons (Fsp3) is 0.0625. The first kappa shape index (κ1) is 14.5. The molecule has 1 aromatic carbocycles. The van der Waals surface area contributed by atoms with Crippen LogP contribution in [-0.4, -0.2) is 30.4 Å². The Morgan fingerprint density at radius 2 is 2.08 bits per heavy atom. The minimum absolute atomic E-state index is 0.196. The van der Waals surface area contributed by atoms with Gasteiger partial charge in [-0.2, -0.15) is 9.78 Å². The molecule has 0 radical (unpaired) electrons. The molecule has 0 fully saturated rings. The SMILES string of the molecule is O=c1[nH]nc(-c2ccco2)c2c1Nc1nnnn1[C@@H]2c1ccccc1F. The van der Waals surface area contributed by atoms with Crippen molar-refractivity contribution in [2.45, 2.75) is 6.04 Å². The lowest BCUT2D eigenvalue weighted by Crippen LogP contribution is -2.29. The second-order valence-electron chi connectivity index (χ2n) is 5.66. The summed E-state index contributed by atoms with van der Waals surface area (Å²) in [6.45, 7) is 0. The van der Waals surface area contributed by atoms with Gasteiger partial charge in [0, 0.05) is 11.1 Å². The van der Waals surface area contributed by atoms with Crippen molar-refractivity contribution in [3.8, 4) is 11.5 Å². The molecular weight excluding hydrogens is 341 g/mol. The average Bonchev–Trinajstić information content (AvgIpc) is 3.33. The number of anilines is 2. The first-order valence-electron chi connectivity index (χ1n) is 7.70. The summed E-state index contributed by atoms with van der Waals surface area (Å²) in [4.78, 5) is 12.4. The van der Waals surface area contributed by atoms with Crippen LogP contribution < -0.4 is 10.9 Å². The summed E-state index contributed by atoms with van der Waals surface area (Å²) in [6, 6.07) is 8.87.